The van der Waals surface area contributed by atoms with Crippen molar-refractivity contribution in [3.63, 3.8) is 0 Å². The average molecular weight is 636 g/mol. The van der Waals surface area contributed by atoms with Gasteiger partial charge in [0.15, 0.2) is 5.82 Å². The number of aromatic nitrogens is 5. The molecule has 1 aromatic carbocycles. The van der Waals surface area contributed by atoms with Crippen molar-refractivity contribution in [2.75, 3.05) is 11.9 Å². The van der Waals surface area contributed by atoms with Gasteiger partial charge in [-0.25, -0.2) is 32.6 Å². The van der Waals surface area contributed by atoms with E-state index in [1.165, 1.54) is 12.1 Å². The number of hydrogen-bond acceptors (Lipinski definition) is 7. The minimum atomic E-state index is -5.17. The first-order chi connectivity index (χ1) is 20.5. The number of halogens is 9. The highest BCUT2D eigenvalue weighted by Crippen LogP contribution is 2.32. The zero-order chi connectivity index (χ0) is 32.4. The number of nitrogens with one attached hydrogen (secondary N) is 2. The summed E-state index contributed by atoms with van der Waals surface area (Å²) in [6, 6.07) is 1.78. The minimum Gasteiger partial charge on any atom is -0.378 e. The van der Waals surface area contributed by atoms with Gasteiger partial charge in [0.05, 0.1) is 47.6 Å². The Morgan fingerprint density at radius 1 is 1.05 bits per heavy atom. The van der Waals surface area contributed by atoms with Crippen LogP contribution in [0.5, 0.6) is 0 Å². The van der Waals surface area contributed by atoms with Crippen LogP contribution in [0.1, 0.15) is 24.5 Å². The normalized spacial score (nSPS) is 13.8. The number of pyridine rings is 1. The largest absolute Gasteiger partial charge is 0.423 e. The van der Waals surface area contributed by atoms with Crippen LogP contribution in [0.4, 0.5) is 45.2 Å². The first-order valence-corrected chi connectivity index (χ1v) is 12.5. The number of aromatic amines is 1. The number of ether oxygens (including phenoxy) is 1. The summed E-state index contributed by atoms with van der Waals surface area (Å²) in [5.74, 6) is -4.45. The maximum Gasteiger partial charge on any atom is 0.423 e. The second kappa shape index (κ2) is 12.6. The molecular weight excluding hydrogens is 615 g/mol. The number of anilines is 1. The third-order valence-electron chi connectivity index (χ3n) is 6.32. The van der Waals surface area contributed by atoms with E-state index in [4.69, 9.17) is 0 Å². The Morgan fingerprint density at radius 2 is 1.73 bits per heavy atom. The SMILES string of the molecule is CC(F)(F)c1cnc(-c2cc3ccn(C[C@@H](F)C[C@@H](COC(F)F)Nc4cn[nH]c(=O)c4C(F)(F)F)c(=O)c3cc2F)nc1. The van der Waals surface area contributed by atoms with Gasteiger partial charge in [-0.15, -0.1) is 0 Å². The quantitative estimate of drug-likeness (QED) is 0.216. The molecule has 18 heteroatoms. The van der Waals surface area contributed by atoms with E-state index in [0.717, 1.165) is 29.2 Å². The fourth-order valence-electron chi connectivity index (χ4n) is 4.28. The van der Waals surface area contributed by atoms with Crippen molar-refractivity contribution in [2.24, 2.45) is 0 Å². The first-order valence-electron chi connectivity index (χ1n) is 12.5. The second-order valence-corrected chi connectivity index (χ2v) is 9.63. The molecule has 0 amide bonds. The second-order valence-electron chi connectivity index (χ2n) is 9.63. The van der Waals surface area contributed by atoms with E-state index in [0.29, 0.717) is 13.1 Å². The van der Waals surface area contributed by atoms with Gasteiger partial charge in [0.25, 0.3) is 17.0 Å². The molecule has 236 valence electrons. The smallest absolute Gasteiger partial charge is 0.378 e. The molecule has 2 atom stereocenters. The average Bonchev–Trinajstić information content (AvgIpc) is 2.92. The summed E-state index contributed by atoms with van der Waals surface area (Å²) in [4.78, 5) is 32.2. The predicted molar refractivity (Wildman–Crippen MR) is 137 cm³/mol. The molecule has 0 saturated carbocycles. The summed E-state index contributed by atoms with van der Waals surface area (Å²) in [6.07, 6.45) is -4.61. The minimum absolute atomic E-state index is 0.165. The maximum atomic E-state index is 15.1. The van der Waals surface area contributed by atoms with E-state index >= 15 is 4.39 Å². The zero-order valence-electron chi connectivity index (χ0n) is 22.3. The van der Waals surface area contributed by atoms with Crippen molar-refractivity contribution in [3.8, 4) is 11.4 Å². The molecule has 0 fully saturated rings. The Kier molecular flexibility index (Phi) is 9.31. The highest BCUT2D eigenvalue weighted by Gasteiger charge is 2.38. The van der Waals surface area contributed by atoms with Crippen molar-refractivity contribution in [3.05, 3.63) is 80.6 Å². The van der Waals surface area contributed by atoms with Crippen molar-refractivity contribution in [1.29, 1.82) is 0 Å². The number of benzene rings is 1. The molecule has 3 aromatic heterocycles. The van der Waals surface area contributed by atoms with Gasteiger partial charge in [0, 0.05) is 31.9 Å². The van der Waals surface area contributed by atoms with Crippen molar-refractivity contribution in [2.45, 2.75) is 50.8 Å². The van der Waals surface area contributed by atoms with Gasteiger partial charge in [-0.05, 0) is 23.6 Å². The molecule has 0 aliphatic carbocycles. The lowest BCUT2D eigenvalue weighted by molar-refractivity contribution is -0.138. The number of H-pyrrole nitrogens is 1. The lowest BCUT2D eigenvalue weighted by Crippen LogP contribution is -2.35. The van der Waals surface area contributed by atoms with E-state index < -0.39 is 84.2 Å². The fourth-order valence-corrected chi connectivity index (χ4v) is 4.28. The Labute approximate surface area is 240 Å². The molecular formula is C26H21F9N6O3. The standard InChI is InChI=1S/C26H21F9N6O3/c1-25(31,32)13-7-36-21(37-8-13)17-4-12-2-3-41(23(43)16(12)6-18(17)28)10-14(27)5-15(11-44-24(29)30)39-19-9-38-40-22(42)20(19)26(33,34)35/h2-4,6-9,14-15,24H,5,10-11H2,1H3,(H2,39,40,42)/t14-,15-/m0/s1. The van der Waals surface area contributed by atoms with Gasteiger partial charge in [0.2, 0.25) is 0 Å². The molecule has 4 aromatic rings. The molecule has 3 heterocycles. The first kappa shape index (κ1) is 32.4. The van der Waals surface area contributed by atoms with Gasteiger partial charge in [-0.3, -0.25) is 9.59 Å². The molecule has 9 nitrogen and oxygen atoms in total. The summed E-state index contributed by atoms with van der Waals surface area (Å²) >= 11 is 0. The van der Waals surface area contributed by atoms with E-state index in [9.17, 15) is 44.7 Å². The Bertz CT molecular complexity index is 1740. The maximum absolute atomic E-state index is 15.1. The van der Waals surface area contributed by atoms with E-state index in [1.807, 2.05) is 0 Å². The van der Waals surface area contributed by atoms with Crippen molar-refractivity contribution < 1.29 is 44.3 Å². The van der Waals surface area contributed by atoms with Gasteiger partial charge >= 0.3 is 12.8 Å². The molecule has 4 rings (SSSR count). The molecule has 0 spiro atoms. The van der Waals surface area contributed by atoms with E-state index in [-0.39, 0.29) is 22.2 Å². The fraction of sp³-hybridized carbons (Fsp3) is 0.346. The summed E-state index contributed by atoms with van der Waals surface area (Å²) in [6.45, 7) is -4.42. The van der Waals surface area contributed by atoms with Gasteiger partial charge in [-0.2, -0.15) is 27.1 Å². The Hall–Kier alpha value is -4.48. The van der Waals surface area contributed by atoms with Gasteiger partial charge < -0.3 is 14.6 Å². The van der Waals surface area contributed by atoms with Gasteiger partial charge in [0.1, 0.15) is 17.6 Å². The van der Waals surface area contributed by atoms with Crippen LogP contribution >= 0.6 is 0 Å². The van der Waals surface area contributed by atoms with Crippen LogP contribution in [0.25, 0.3) is 22.2 Å². The van der Waals surface area contributed by atoms with Crippen LogP contribution in [0.2, 0.25) is 0 Å². The number of rotatable bonds is 11. The lowest BCUT2D eigenvalue weighted by Gasteiger charge is -2.23. The molecule has 0 saturated heterocycles. The van der Waals surface area contributed by atoms with Gasteiger partial charge in [-0.1, -0.05) is 0 Å². The monoisotopic (exact) mass is 636 g/mol. The number of alkyl halides is 8. The molecule has 0 aliphatic heterocycles. The molecule has 2 N–H and O–H groups in total. The molecule has 0 unspecified atom stereocenters. The van der Waals surface area contributed by atoms with Crippen LogP contribution in [-0.4, -0.2) is 50.2 Å². The summed E-state index contributed by atoms with van der Waals surface area (Å²) in [5.41, 5.74) is -5.83. The van der Waals surface area contributed by atoms with E-state index in [1.54, 1.807) is 5.10 Å². The van der Waals surface area contributed by atoms with Crippen LogP contribution in [0.15, 0.2) is 52.6 Å². The number of nitrogens with zero attached hydrogens (tertiary/aromatic N) is 4. The molecule has 0 bridgehead atoms. The third-order valence-corrected chi connectivity index (χ3v) is 6.32. The Morgan fingerprint density at radius 3 is 2.34 bits per heavy atom. The van der Waals surface area contributed by atoms with Crippen LogP contribution in [-0.2, 0) is 23.4 Å². The van der Waals surface area contributed by atoms with Crippen LogP contribution < -0.4 is 16.4 Å². The Balaban J connectivity index is 1.57. The number of fused-ring (bicyclic) bond motifs is 1. The highest BCUT2D eigenvalue weighted by molar-refractivity contribution is 5.86. The summed E-state index contributed by atoms with van der Waals surface area (Å²) in [5, 5.41) is 6.96. The van der Waals surface area contributed by atoms with Crippen molar-refractivity contribution in [1.82, 2.24) is 24.7 Å². The van der Waals surface area contributed by atoms with Crippen molar-refractivity contribution >= 4 is 16.5 Å². The third kappa shape index (κ3) is 7.53. The van der Waals surface area contributed by atoms with E-state index in [2.05, 4.69) is 25.1 Å². The lowest BCUT2D eigenvalue weighted by atomic mass is 10.1. The molecule has 44 heavy (non-hydrogen) atoms. The predicted octanol–water partition coefficient (Wildman–Crippen LogP) is 5.26. The summed E-state index contributed by atoms with van der Waals surface area (Å²) < 4.78 is 128. The topological polar surface area (TPSA) is 115 Å². The van der Waals surface area contributed by atoms with Crippen LogP contribution in [0, 0.1) is 5.82 Å². The molecule has 0 radical (unpaired) electrons. The number of hydrogen-bond donors (Lipinski definition) is 2. The zero-order valence-corrected chi connectivity index (χ0v) is 22.3. The van der Waals surface area contributed by atoms with Crippen LogP contribution in [0.3, 0.4) is 0 Å². The molecule has 0 aliphatic rings. The highest BCUT2D eigenvalue weighted by atomic mass is 19.4. The summed E-state index contributed by atoms with van der Waals surface area (Å²) in [7, 11) is 0.